The van der Waals surface area contributed by atoms with E-state index in [4.69, 9.17) is 0 Å². The molecule has 3 rings (SSSR count). The molecule has 1 aromatic heterocycles. The topological polar surface area (TPSA) is 41.1 Å². The van der Waals surface area contributed by atoms with Crippen LogP contribution < -0.4 is 10.2 Å². The van der Waals surface area contributed by atoms with Crippen LogP contribution in [-0.4, -0.2) is 35.1 Å². The summed E-state index contributed by atoms with van der Waals surface area (Å²) in [5, 5.41) is 3.58. The summed E-state index contributed by atoms with van der Waals surface area (Å²) in [7, 11) is 0. The van der Waals surface area contributed by atoms with Gasteiger partial charge in [0.1, 0.15) is 0 Å². The zero-order chi connectivity index (χ0) is 10.3. The number of rotatable bonds is 1. The van der Waals surface area contributed by atoms with E-state index in [2.05, 4.69) is 20.2 Å². The van der Waals surface area contributed by atoms with Gasteiger partial charge < -0.3 is 10.2 Å². The Balaban J connectivity index is 1.78. The molecule has 80 valence electrons. The summed E-state index contributed by atoms with van der Waals surface area (Å²) in [6, 6.07) is 0. The Morgan fingerprint density at radius 2 is 2.07 bits per heavy atom. The molecule has 1 spiro atoms. The highest BCUT2D eigenvalue weighted by molar-refractivity contribution is 5.34. The second kappa shape index (κ2) is 3.17. The van der Waals surface area contributed by atoms with Crippen LogP contribution in [0.1, 0.15) is 18.4 Å². The molecule has 2 aliphatic rings. The lowest BCUT2D eigenvalue weighted by atomic mass is 10.2. The first kappa shape index (κ1) is 9.09. The van der Waals surface area contributed by atoms with Crippen molar-refractivity contribution in [1.29, 1.82) is 0 Å². The van der Waals surface area contributed by atoms with Crippen LogP contribution >= 0.6 is 0 Å². The number of hydrogen-bond acceptors (Lipinski definition) is 4. The first-order chi connectivity index (χ1) is 7.27. The molecular formula is C11H16N4. The monoisotopic (exact) mass is 204 g/mol. The molecule has 0 aromatic carbocycles. The van der Waals surface area contributed by atoms with Crippen molar-refractivity contribution in [2.75, 3.05) is 24.5 Å². The Labute approximate surface area is 89.7 Å². The summed E-state index contributed by atoms with van der Waals surface area (Å²) in [4.78, 5) is 11.1. The molecule has 1 aliphatic heterocycles. The van der Waals surface area contributed by atoms with Crippen LogP contribution in [0, 0.1) is 6.92 Å². The van der Waals surface area contributed by atoms with Crippen molar-refractivity contribution in [3.8, 4) is 0 Å². The Morgan fingerprint density at radius 3 is 2.73 bits per heavy atom. The van der Waals surface area contributed by atoms with Gasteiger partial charge in [-0.25, -0.2) is 9.97 Å². The molecule has 0 radical (unpaired) electrons. The summed E-state index contributed by atoms with van der Waals surface area (Å²) in [5.41, 5.74) is 1.52. The molecule has 0 bridgehead atoms. The Bertz CT molecular complexity index is 355. The van der Waals surface area contributed by atoms with Gasteiger partial charge in [-0.3, -0.25) is 0 Å². The van der Waals surface area contributed by atoms with Gasteiger partial charge in [-0.05, 0) is 25.3 Å². The largest absolute Gasteiger partial charge is 0.338 e. The van der Waals surface area contributed by atoms with E-state index in [0.717, 1.165) is 31.1 Å². The second-order valence-corrected chi connectivity index (χ2v) is 4.69. The van der Waals surface area contributed by atoms with Crippen molar-refractivity contribution < 1.29 is 0 Å². The molecule has 1 saturated carbocycles. The van der Waals surface area contributed by atoms with Crippen LogP contribution in [0.5, 0.6) is 0 Å². The van der Waals surface area contributed by atoms with Gasteiger partial charge in [0.2, 0.25) is 5.95 Å². The molecule has 0 amide bonds. The zero-order valence-corrected chi connectivity index (χ0v) is 9.03. The van der Waals surface area contributed by atoms with Crippen molar-refractivity contribution in [2.45, 2.75) is 25.3 Å². The lowest BCUT2D eigenvalue weighted by Gasteiger charge is -2.33. The normalized spacial score (nSPS) is 23.1. The van der Waals surface area contributed by atoms with E-state index >= 15 is 0 Å². The molecule has 0 unspecified atom stereocenters. The molecule has 1 saturated heterocycles. The van der Waals surface area contributed by atoms with Crippen molar-refractivity contribution in [2.24, 2.45) is 0 Å². The van der Waals surface area contributed by atoms with E-state index in [0.29, 0.717) is 5.54 Å². The van der Waals surface area contributed by atoms with Gasteiger partial charge >= 0.3 is 0 Å². The quantitative estimate of drug-likeness (QED) is 0.732. The van der Waals surface area contributed by atoms with Gasteiger partial charge in [0.15, 0.2) is 0 Å². The molecule has 2 heterocycles. The predicted molar refractivity (Wildman–Crippen MR) is 58.9 cm³/mol. The third-order valence-electron chi connectivity index (χ3n) is 3.28. The maximum Gasteiger partial charge on any atom is 0.225 e. The molecule has 4 nitrogen and oxygen atoms in total. The molecule has 1 aromatic rings. The molecule has 4 heteroatoms. The van der Waals surface area contributed by atoms with E-state index in [-0.39, 0.29) is 0 Å². The van der Waals surface area contributed by atoms with E-state index in [1.165, 1.54) is 12.8 Å². The van der Waals surface area contributed by atoms with Crippen LogP contribution in [0.25, 0.3) is 0 Å². The highest BCUT2D eigenvalue weighted by atomic mass is 15.3. The zero-order valence-electron chi connectivity index (χ0n) is 9.03. The fraction of sp³-hybridized carbons (Fsp3) is 0.636. The first-order valence-electron chi connectivity index (χ1n) is 5.56. The number of nitrogens with one attached hydrogen (secondary N) is 1. The number of aryl methyl sites for hydroxylation is 1. The molecule has 1 N–H and O–H groups in total. The highest BCUT2D eigenvalue weighted by Crippen LogP contribution is 2.38. The fourth-order valence-corrected chi connectivity index (χ4v) is 2.16. The van der Waals surface area contributed by atoms with Crippen molar-refractivity contribution in [1.82, 2.24) is 15.3 Å². The maximum atomic E-state index is 4.38. The summed E-state index contributed by atoms with van der Waals surface area (Å²) in [6.07, 6.45) is 6.39. The van der Waals surface area contributed by atoms with Gasteiger partial charge in [-0.2, -0.15) is 0 Å². The minimum atomic E-state index is 0.395. The van der Waals surface area contributed by atoms with E-state index < -0.39 is 0 Å². The van der Waals surface area contributed by atoms with Crippen LogP contribution in [0.15, 0.2) is 12.4 Å². The number of hydrogen-bond donors (Lipinski definition) is 1. The molecule has 1 aliphatic carbocycles. The van der Waals surface area contributed by atoms with Crippen LogP contribution in [0.3, 0.4) is 0 Å². The summed E-state index contributed by atoms with van der Waals surface area (Å²) in [6.45, 7) is 5.15. The molecular weight excluding hydrogens is 188 g/mol. The minimum absolute atomic E-state index is 0.395. The second-order valence-electron chi connectivity index (χ2n) is 4.69. The van der Waals surface area contributed by atoms with Crippen molar-refractivity contribution in [3.63, 3.8) is 0 Å². The molecule has 2 fully saturated rings. The Hall–Kier alpha value is -1.16. The van der Waals surface area contributed by atoms with E-state index in [1.54, 1.807) is 0 Å². The Morgan fingerprint density at radius 1 is 1.33 bits per heavy atom. The highest BCUT2D eigenvalue weighted by Gasteiger charge is 2.45. The average Bonchev–Trinajstić information content (AvgIpc) is 2.99. The number of aromatic nitrogens is 2. The van der Waals surface area contributed by atoms with Gasteiger partial charge in [-0.1, -0.05) is 0 Å². The van der Waals surface area contributed by atoms with Crippen LogP contribution in [-0.2, 0) is 0 Å². The average molecular weight is 204 g/mol. The number of nitrogens with zero attached hydrogens (tertiary/aromatic N) is 3. The van der Waals surface area contributed by atoms with Crippen molar-refractivity contribution >= 4 is 5.95 Å². The van der Waals surface area contributed by atoms with Gasteiger partial charge in [0, 0.05) is 37.6 Å². The SMILES string of the molecule is Cc1cnc(N2CCNC3(CC3)C2)nc1. The summed E-state index contributed by atoms with van der Waals surface area (Å²) >= 11 is 0. The lowest BCUT2D eigenvalue weighted by Crippen LogP contribution is -2.53. The van der Waals surface area contributed by atoms with Gasteiger partial charge in [0.25, 0.3) is 0 Å². The fourth-order valence-electron chi connectivity index (χ4n) is 2.16. The lowest BCUT2D eigenvalue weighted by molar-refractivity contribution is 0.438. The summed E-state index contributed by atoms with van der Waals surface area (Å²) < 4.78 is 0. The van der Waals surface area contributed by atoms with Crippen LogP contribution in [0.4, 0.5) is 5.95 Å². The minimum Gasteiger partial charge on any atom is -0.338 e. The summed E-state index contributed by atoms with van der Waals surface area (Å²) in [5.74, 6) is 0.883. The van der Waals surface area contributed by atoms with Gasteiger partial charge in [0.05, 0.1) is 0 Å². The first-order valence-corrected chi connectivity index (χ1v) is 5.56. The smallest absolute Gasteiger partial charge is 0.225 e. The standard InChI is InChI=1S/C11H16N4/c1-9-6-12-10(13-7-9)15-5-4-14-11(8-15)2-3-11/h6-7,14H,2-5,8H2,1H3. The van der Waals surface area contributed by atoms with Crippen molar-refractivity contribution in [3.05, 3.63) is 18.0 Å². The van der Waals surface area contributed by atoms with Gasteiger partial charge in [-0.15, -0.1) is 0 Å². The van der Waals surface area contributed by atoms with E-state index in [9.17, 15) is 0 Å². The van der Waals surface area contributed by atoms with Crippen LogP contribution in [0.2, 0.25) is 0 Å². The molecule has 15 heavy (non-hydrogen) atoms. The maximum absolute atomic E-state index is 4.38. The third kappa shape index (κ3) is 1.69. The number of anilines is 1. The predicted octanol–water partition coefficient (Wildman–Crippen LogP) is 0.727. The van der Waals surface area contributed by atoms with E-state index in [1.807, 2.05) is 19.3 Å². The third-order valence-corrected chi connectivity index (χ3v) is 3.28. The number of piperazine rings is 1. The molecule has 0 atom stereocenters. The Kier molecular flexibility index (Phi) is 1.92.